The fraction of sp³-hybridized carbons (Fsp3) is 0.333. The number of hydrogen-bond donors (Lipinski definition) is 1. The fourth-order valence-corrected chi connectivity index (χ4v) is 2.56. The van der Waals surface area contributed by atoms with E-state index in [9.17, 15) is 5.11 Å². The Hall–Kier alpha value is -2.20. The zero-order valence-corrected chi connectivity index (χ0v) is 13.4. The molecule has 2 aromatic rings. The second-order valence-electron chi connectivity index (χ2n) is 5.08. The highest BCUT2D eigenvalue weighted by molar-refractivity contribution is 5.48. The molecular formula is C18H22O4. The molecule has 0 saturated heterocycles. The Morgan fingerprint density at radius 2 is 1.55 bits per heavy atom. The molecule has 0 aliphatic carbocycles. The Bertz CT molecular complexity index is 621. The van der Waals surface area contributed by atoms with Gasteiger partial charge in [-0.3, -0.25) is 0 Å². The molecule has 22 heavy (non-hydrogen) atoms. The number of rotatable bonds is 6. The summed E-state index contributed by atoms with van der Waals surface area (Å²) in [6.45, 7) is 4.40. The maximum absolute atomic E-state index is 10.4. The average Bonchev–Trinajstić information content (AvgIpc) is 2.54. The molecule has 0 radical (unpaired) electrons. The topological polar surface area (TPSA) is 47.9 Å². The standard InChI is InChI=1S/C18H22O4/c1-5-22-18(2,13-6-8-14(20-3)9-7-13)16-11-10-15(21-4)12-17(16)19/h6-12,19H,5H2,1-4H3. The van der Waals surface area contributed by atoms with Gasteiger partial charge in [-0.05, 0) is 43.7 Å². The van der Waals surface area contributed by atoms with Crippen LogP contribution in [0.15, 0.2) is 42.5 Å². The third-order valence-electron chi connectivity index (χ3n) is 3.79. The number of hydrogen-bond acceptors (Lipinski definition) is 4. The van der Waals surface area contributed by atoms with Crippen LogP contribution in [0.25, 0.3) is 0 Å². The SMILES string of the molecule is CCOC(C)(c1ccc(OC)cc1)c1ccc(OC)cc1O. The monoisotopic (exact) mass is 302 g/mol. The van der Waals surface area contributed by atoms with Crippen LogP contribution in [0.2, 0.25) is 0 Å². The number of ether oxygens (including phenoxy) is 3. The molecule has 118 valence electrons. The first-order chi connectivity index (χ1) is 10.5. The average molecular weight is 302 g/mol. The van der Waals surface area contributed by atoms with Gasteiger partial charge in [0.2, 0.25) is 0 Å². The molecule has 1 unspecified atom stereocenters. The van der Waals surface area contributed by atoms with Gasteiger partial charge < -0.3 is 19.3 Å². The fourth-order valence-electron chi connectivity index (χ4n) is 2.56. The molecule has 0 aliphatic rings. The molecule has 0 amide bonds. The van der Waals surface area contributed by atoms with Crippen molar-refractivity contribution >= 4 is 0 Å². The smallest absolute Gasteiger partial charge is 0.125 e. The summed E-state index contributed by atoms with van der Waals surface area (Å²) in [5.74, 6) is 1.53. The molecule has 0 saturated carbocycles. The maximum atomic E-state index is 10.4. The van der Waals surface area contributed by atoms with E-state index >= 15 is 0 Å². The van der Waals surface area contributed by atoms with Crippen molar-refractivity contribution in [3.63, 3.8) is 0 Å². The van der Waals surface area contributed by atoms with E-state index in [4.69, 9.17) is 14.2 Å². The van der Waals surface area contributed by atoms with Crippen LogP contribution in [0.5, 0.6) is 17.2 Å². The predicted molar refractivity (Wildman–Crippen MR) is 85.7 cm³/mol. The van der Waals surface area contributed by atoms with Gasteiger partial charge in [0.15, 0.2) is 0 Å². The Morgan fingerprint density at radius 1 is 0.955 bits per heavy atom. The van der Waals surface area contributed by atoms with Crippen molar-refractivity contribution < 1.29 is 19.3 Å². The van der Waals surface area contributed by atoms with Crippen molar-refractivity contribution in [1.82, 2.24) is 0 Å². The number of aromatic hydroxyl groups is 1. The molecule has 1 N–H and O–H groups in total. The number of phenols is 1. The van der Waals surface area contributed by atoms with Crippen molar-refractivity contribution in [3.05, 3.63) is 53.6 Å². The maximum Gasteiger partial charge on any atom is 0.125 e. The van der Waals surface area contributed by atoms with Crippen molar-refractivity contribution in [2.75, 3.05) is 20.8 Å². The zero-order valence-electron chi connectivity index (χ0n) is 13.4. The Kier molecular flexibility index (Phi) is 4.93. The highest BCUT2D eigenvalue weighted by Gasteiger charge is 2.32. The van der Waals surface area contributed by atoms with E-state index in [1.165, 1.54) is 0 Å². The van der Waals surface area contributed by atoms with Crippen LogP contribution in [-0.4, -0.2) is 25.9 Å². The summed E-state index contributed by atoms with van der Waals surface area (Å²) in [5.41, 5.74) is 0.883. The molecule has 4 heteroatoms. The van der Waals surface area contributed by atoms with Gasteiger partial charge in [-0.1, -0.05) is 12.1 Å². The highest BCUT2D eigenvalue weighted by Crippen LogP contribution is 2.40. The minimum atomic E-state index is -0.753. The van der Waals surface area contributed by atoms with Crippen LogP contribution in [-0.2, 0) is 10.3 Å². The molecule has 0 fully saturated rings. The van der Waals surface area contributed by atoms with Crippen molar-refractivity contribution in [3.8, 4) is 17.2 Å². The van der Waals surface area contributed by atoms with Gasteiger partial charge in [-0.25, -0.2) is 0 Å². The predicted octanol–water partition coefficient (Wildman–Crippen LogP) is 3.71. The van der Waals surface area contributed by atoms with Gasteiger partial charge in [-0.15, -0.1) is 0 Å². The first-order valence-electron chi connectivity index (χ1n) is 7.21. The summed E-state index contributed by atoms with van der Waals surface area (Å²) in [7, 11) is 3.20. The molecule has 4 nitrogen and oxygen atoms in total. The van der Waals surface area contributed by atoms with E-state index in [0.29, 0.717) is 17.9 Å². The zero-order chi connectivity index (χ0) is 16.2. The minimum Gasteiger partial charge on any atom is -0.507 e. The van der Waals surface area contributed by atoms with E-state index in [1.54, 1.807) is 20.3 Å². The van der Waals surface area contributed by atoms with Crippen molar-refractivity contribution in [1.29, 1.82) is 0 Å². The van der Waals surface area contributed by atoms with E-state index in [-0.39, 0.29) is 5.75 Å². The lowest BCUT2D eigenvalue weighted by Gasteiger charge is -2.31. The van der Waals surface area contributed by atoms with Gasteiger partial charge in [-0.2, -0.15) is 0 Å². The second kappa shape index (κ2) is 6.71. The molecule has 0 heterocycles. The van der Waals surface area contributed by atoms with Crippen LogP contribution < -0.4 is 9.47 Å². The van der Waals surface area contributed by atoms with Gasteiger partial charge in [0.1, 0.15) is 22.8 Å². The first-order valence-corrected chi connectivity index (χ1v) is 7.21. The van der Waals surface area contributed by atoms with E-state index in [0.717, 1.165) is 11.3 Å². The van der Waals surface area contributed by atoms with Gasteiger partial charge >= 0.3 is 0 Å². The summed E-state index contributed by atoms with van der Waals surface area (Å²) in [4.78, 5) is 0. The number of methoxy groups -OCH3 is 2. The lowest BCUT2D eigenvalue weighted by molar-refractivity contribution is 0.00243. The lowest BCUT2D eigenvalue weighted by atomic mass is 9.87. The molecule has 0 spiro atoms. The summed E-state index contributed by atoms with van der Waals surface area (Å²) < 4.78 is 16.3. The van der Waals surface area contributed by atoms with Gasteiger partial charge in [0, 0.05) is 18.2 Å². The molecule has 1 atom stereocenters. The third kappa shape index (κ3) is 3.02. The largest absolute Gasteiger partial charge is 0.507 e. The summed E-state index contributed by atoms with van der Waals surface area (Å²) in [5, 5.41) is 10.4. The number of benzene rings is 2. The van der Waals surface area contributed by atoms with Crippen LogP contribution >= 0.6 is 0 Å². The third-order valence-corrected chi connectivity index (χ3v) is 3.79. The summed E-state index contributed by atoms with van der Waals surface area (Å²) in [6.07, 6.45) is 0. The van der Waals surface area contributed by atoms with E-state index < -0.39 is 5.60 Å². The molecule has 0 bridgehead atoms. The lowest BCUT2D eigenvalue weighted by Crippen LogP contribution is -2.27. The highest BCUT2D eigenvalue weighted by atomic mass is 16.5. The number of phenolic OH excluding ortho intramolecular Hbond substituents is 1. The molecular weight excluding hydrogens is 280 g/mol. The Morgan fingerprint density at radius 3 is 2.05 bits per heavy atom. The quantitative estimate of drug-likeness (QED) is 0.883. The van der Waals surface area contributed by atoms with Crippen LogP contribution in [0.4, 0.5) is 0 Å². The Balaban J connectivity index is 2.50. The van der Waals surface area contributed by atoms with Gasteiger partial charge in [0.25, 0.3) is 0 Å². The second-order valence-corrected chi connectivity index (χ2v) is 5.08. The molecule has 2 rings (SSSR count). The molecule has 0 aromatic heterocycles. The minimum absolute atomic E-state index is 0.145. The Labute approximate surface area is 131 Å². The molecule has 0 aliphatic heterocycles. The van der Waals surface area contributed by atoms with Crippen molar-refractivity contribution in [2.24, 2.45) is 0 Å². The van der Waals surface area contributed by atoms with Gasteiger partial charge in [0.05, 0.1) is 14.2 Å². The van der Waals surface area contributed by atoms with E-state index in [2.05, 4.69) is 0 Å². The van der Waals surface area contributed by atoms with Crippen LogP contribution in [0.1, 0.15) is 25.0 Å². The van der Waals surface area contributed by atoms with Crippen LogP contribution in [0.3, 0.4) is 0 Å². The summed E-state index contributed by atoms with van der Waals surface area (Å²) in [6, 6.07) is 12.9. The normalized spacial score (nSPS) is 13.5. The van der Waals surface area contributed by atoms with E-state index in [1.807, 2.05) is 50.2 Å². The molecule has 2 aromatic carbocycles. The van der Waals surface area contributed by atoms with Crippen molar-refractivity contribution in [2.45, 2.75) is 19.4 Å². The first kappa shape index (κ1) is 16.2. The summed E-state index contributed by atoms with van der Waals surface area (Å²) >= 11 is 0. The van der Waals surface area contributed by atoms with Crippen LogP contribution in [0, 0.1) is 0 Å².